The van der Waals surface area contributed by atoms with Crippen LogP contribution in [-0.2, 0) is 19.5 Å². The van der Waals surface area contributed by atoms with Gasteiger partial charge in [0.25, 0.3) is 0 Å². The van der Waals surface area contributed by atoms with Crippen LogP contribution >= 0.6 is 24.0 Å². The van der Waals surface area contributed by atoms with Gasteiger partial charge in [0.05, 0.1) is 13.1 Å². The summed E-state index contributed by atoms with van der Waals surface area (Å²) in [7, 11) is 0. The second kappa shape index (κ2) is 10.9. The Hall–Kier alpha value is -2.10. The molecule has 7 nitrogen and oxygen atoms in total. The quantitative estimate of drug-likeness (QED) is 0.275. The third-order valence-corrected chi connectivity index (χ3v) is 4.23. The summed E-state index contributed by atoms with van der Waals surface area (Å²) in [6.45, 7) is 8.41. The lowest BCUT2D eigenvalue weighted by molar-refractivity contribution is 0.359. The number of para-hydroxylation sites is 1. The molecular weight excluding hydrogens is 455 g/mol. The number of ether oxygens (including phenoxy) is 1. The van der Waals surface area contributed by atoms with Crippen LogP contribution in [0, 0.1) is 0 Å². The molecule has 0 saturated heterocycles. The van der Waals surface area contributed by atoms with Crippen LogP contribution in [0.5, 0.6) is 5.75 Å². The highest BCUT2D eigenvalue weighted by atomic mass is 127. The zero-order valence-electron chi connectivity index (χ0n) is 15.6. The van der Waals surface area contributed by atoms with E-state index in [1.807, 2.05) is 28.9 Å². The van der Waals surface area contributed by atoms with Crippen LogP contribution < -0.4 is 15.4 Å². The van der Waals surface area contributed by atoms with Gasteiger partial charge in [0.15, 0.2) is 5.96 Å². The lowest BCUT2D eigenvalue weighted by Gasteiger charge is -2.25. The van der Waals surface area contributed by atoms with Crippen molar-refractivity contribution in [1.82, 2.24) is 25.4 Å². The fraction of sp³-hybridized carbons (Fsp3) is 0.421. The summed E-state index contributed by atoms with van der Waals surface area (Å²) >= 11 is 0. The van der Waals surface area contributed by atoms with E-state index in [2.05, 4.69) is 34.2 Å². The fourth-order valence-corrected chi connectivity index (χ4v) is 2.96. The Balaban J connectivity index is 0.00000261. The first-order valence-electron chi connectivity index (χ1n) is 9.03. The van der Waals surface area contributed by atoms with E-state index in [9.17, 15) is 0 Å². The number of nitrogens with one attached hydrogen (secondary N) is 2. The Kier molecular flexibility index (Phi) is 8.56. The largest absolute Gasteiger partial charge is 0.489 e. The van der Waals surface area contributed by atoms with Crippen molar-refractivity contribution in [1.29, 1.82) is 0 Å². The van der Waals surface area contributed by atoms with E-state index in [1.165, 1.54) is 0 Å². The summed E-state index contributed by atoms with van der Waals surface area (Å²) in [6.07, 6.45) is 5.31. The van der Waals surface area contributed by atoms with Gasteiger partial charge in [-0.05, 0) is 19.4 Å². The molecule has 1 aromatic carbocycles. The number of aromatic nitrogens is 3. The highest BCUT2D eigenvalue weighted by molar-refractivity contribution is 14.0. The minimum Gasteiger partial charge on any atom is -0.489 e. The molecule has 0 aliphatic carbocycles. The molecule has 0 fully saturated rings. The number of aliphatic imine (C=N–C) groups is 1. The lowest BCUT2D eigenvalue weighted by atomic mass is 10.1. The molecule has 1 aliphatic rings. The molecule has 146 valence electrons. The number of fused-ring (bicyclic) bond motifs is 1. The zero-order chi connectivity index (χ0) is 18.2. The van der Waals surface area contributed by atoms with Crippen molar-refractivity contribution in [3.8, 4) is 5.75 Å². The van der Waals surface area contributed by atoms with Crippen LogP contribution in [0.3, 0.4) is 0 Å². The minimum atomic E-state index is 0. The Labute approximate surface area is 177 Å². The van der Waals surface area contributed by atoms with E-state index >= 15 is 0 Å². The molecule has 0 amide bonds. The van der Waals surface area contributed by atoms with Gasteiger partial charge in [-0.25, -0.2) is 14.7 Å². The first-order chi connectivity index (χ1) is 12.8. The molecule has 0 bridgehead atoms. The average molecular weight is 482 g/mol. The summed E-state index contributed by atoms with van der Waals surface area (Å²) < 4.78 is 7.67. The van der Waals surface area contributed by atoms with Crippen LogP contribution in [-0.4, -0.2) is 39.9 Å². The van der Waals surface area contributed by atoms with Crippen molar-refractivity contribution in [2.24, 2.45) is 4.99 Å². The van der Waals surface area contributed by atoms with Gasteiger partial charge in [0.1, 0.15) is 24.5 Å². The molecule has 0 radical (unpaired) electrons. The van der Waals surface area contributed by atoms with Crippen LogP contribution in [0.2, 0.25) is 0 Å². The molecule has 2 heterocycles. The normalized spacial score (nSPS) is 16.0. The summed E-state index contributed by atoms with van der Waals surface area (Å²) in [6, 6.07) is 8.25. The van der Waals surface area contributed by atoms with Gasteiger partial charge in [0, 0.05) is 24.6 Å². The number of rotatable bonds is 7. The molecule has 1 aliphatic heterocycles. The second-order valence-corrected chi connectivity index (χ2v) is 6.14. The molecule has 1 atom stereocenters. The molecule has 1 aromatic heterocycles. The van der Waals surface area contributed by atoms with Crippen molar-refractivity contribution < 1.29 is 4.74 Å². The van der Waals surface area contributed by atoms with Gasteiger partial charge in [-0.1, -0.05) is 30.9 Å². The van der Waals surface area contributed by atoms with E-state index in [0.29, 0.717) is 13.2 Å². The first-order valence-corrected chi connectivity index (χ1v) is 9.03. The number of hydrogen-bond acceptors (Lipinski definition) is 4. The number of guanidine groups is 1. The number of aryl methyl sites for hydroxylation is 1. The van der Waals surface area contributed by atoms with Crippen molar-refractivity contribution in [2.75, 3.05) is 13.2 Å². The highest BCUT2D eigenvalue weighted by Crippen LogP contribution is 2.19. The van der Waals surface area contributed by atoms with Crippen molar-refractivity contribution in [3.63, 3.8) is 0 Å². The van der Waals surface area contributed by atoms with E-state index in [4.69, 9.17) is 9.73 Å². The Morgan fingerprint density at radius 1 is 1.44 bits per heavy atom. The summed E-state index contributed by atoms with van der Waals surface area (Å²) in [5.41, 5.74) is 1.05. The molecule has 3 rings (SSSR count). The standard InChI is InChI=1S/C19H26N6O.HI/c1-3-11-26-17-8-6-5-7-15(17)12-21-19(20-4-2)24-16-9-10-18-22-14-23-25(18)13-16;/h3,5-8,14,16H,1,4,9-13H2,2H3,(H2,20,21,24);1H. The number of hydrogen-bond donors (Lipinski definition) is 2. The summed E-state index contributed by atoms with van der Waals surface area (Å²) in [5, 5.41) is 11.1. The fourth-order valence-electron chi connectivity index (χ4n) is 2.96. The third-order valence-electron chi connectivity index (χ3n) is 4.23. The highest BCUT2D eigenvalue weighted by Gasteiger charge is 2.20. The smallest absolute Gasteiger partial charge is 0.191 e. The van der Waals surface area contributed by atoms with Gasteiger partial charge < -0.3 is 15.4 Å². The van der Waals surface area contributed by atoms with Crippen molar-refractivity contribution in [2.45, 2.75) is 38.9 Å². The summed E-state index contributed by atoms with van der Waals surface area (Å²) in [5.74, 6) is 2.70. The maximum atomic E-state index is 5.71. The van der Waals surface area contributed by atoms with E-state index in [-0.39, 0.29) is 30.0 Å². The topological polar surface area (TPSA) is 76.4 Å². The molecule has 2 N–H and O–H groups in total. The maximum Gasteiger partial charge on any atom is 0.191 e. The van der Waals surface area contributed by atoms with Crippen LogP contribution in [0.4, 0.5) is 0 Å². The number of halogens is 1. The maximum absolute atomic E-state index is 5.71. The molecule has 27 heavy (non-hydrogen) atoms. The first kappa shape index (κ1) is 21.2. The Morgan fingerprint density at radius 3 is 3.11 bits per heavy atom. The molecule has 1 unspecified atom stereocenters. The Morgan fingerprint density at radius 2 is 2.30 bits per heavy atom. The minimum absolute atomic E-state index is 0. The van der Waals surface area contributed by atoms with Gasteiger partial charge in [0.2, 0.25) is 0 Å². The van der Waals surface area contributed by atoms with Crippen LogP contribution in [0.25, 0.3) is 0 Å². The van der Waals surface area contributed by atoms with Crippen LogP contribution in [0.15, 0.2) is 48.2 Å². The number of benzene rings is 1. The van der Waals surface area contributed by atoms with Gasteiger partial charge in [-0.2, -0.15) is 5.10 Å². The van der Waals surface area contributed by atoms with E-state index in [0.717, 1.165) is 49.0 Å². The second-order valence-electron chi connectivity index (χ2n) is 6.14. The van der Waals surface area contributed by atoms with Gasteiger partial charge >= 0.3 is 0 Å². The zero-order valence-corrected chi connectivity index (χ0v) is 17.9. The average Bonchev–Trinajstić information content (AvgIpc) is 3.13. The Bertz CT molecular complexity index is 760. The summed E-state index contributed by atoms with van der Waals surface area (Å²) in [4.78, 5) is 9.01. The predicted molar refractivity (Wildman–Crippen MR) is 118 cm³/mol. The third kappa shape index (κ3) is 5.95. The van der Waals surface area contributed by atoms with Crippen molar-refractivity contribution in [3.05, 3.63) is 54.6 Å². The SMILES string of the molecule is C=CCOc1ccccc1CN=C(NCC)NC1CCc2ncnn2C1.I. The monoisotopic (exact) mass is 482 g/mol. The molecule has 8 heteroatoms. The van der Waals surface area contributed by atoms with Gasteiger partial charge in [-0.3, -0.25) is 0 Å². The number of nitrogens with zero attached hydrogens (tertiary/aromatic N) is 4. The molecular formula is C19H27IN6O. The van der Waals surface area contributed by atoms with E-state index in [1.54, 1.807) is 12.4 Å². The molecule has 0 spiro atoms. The van der Waals surface area contributed by atoms with Crippen molar-refractivity contribution >= 4 is 29.9 Å². The molecule has 2 aromatic rings. The predicted octanol–water partition coefficient (Wildman–Crippen LogP) is 2.53. The van der Waals surface area contributed by atoms with Gasteiger partial charge in [-0.15, -0.1) is 24.0 Å². The lowest BCUT2D eigenvalue weighted by Crippen LogP contribution is -2.47. The van der Waals surface area contributed by atoms with Crippen LogP contribution in [0.1, 0.15) is 24.7 Å². The molecule has 0 saturated carbocycles. The van der Waals surface area contributed by atoms with E-state index < -0.39 is 0 Å².